The van der Waals surface area contributed by atoms with E-state index in [1.165, 1.54) is 6.08 Å². The molecule has 0 amide bonds. The SMILES string of the molecule is C=C(O)/C=c1/ooc1=C. The summed E-state index contributed by atoms with van der Waals surface area (Å²) in [5.41, 5.74) is 0.827. The number of allylic oxidation sites excluding steroid dienone is 1. The lowest BCUT2D eigenvalue weighted by molar-refractivity contribution is -0.0345. The first kappa shape index (κ1) is 5.75. The van der Waals surface area contributed by atoms with Gasteiger partial charge in [0.25, 0.3) is 0 Å². The highest BCUT2D eigenvalue weighted by Crippen LogP contribution is 1.80. The summed E-state index contributed by atoms with van der Waals surface area (Å²) < 4.78 is 8.72. The Morgan fingerprint density at radius 3 is 2.33 bits per heavy atom. The maximum Gasteiger partial charge on any atom is 0.228 e. The quantitative estimate of drug-likeness (QED) is 0.430. The summed E-state index contributed by atoms with van der Waals surface area (Å²) in [6.07, 6.45) is 1.33. The third-order valence-corrected chi connectivity index (χ3v) is 0.805. The zero-order chi connectivity index (χ0) is 6.85. The topological polar surface area (TPSA) is 46.5 Å². The first-order chi connectivity index (χ1) is 4.20. The maximum atomic E-state index is 8.56. The van der Waals surface area contributed by atoms with E-state index in [-0.39, 0.29) is 5.76 Å². The molecule has 0 saturated heterocycles. The van der Waals surface area contributed by atoms with E-state index in [2.05, 4.69) is 22.3 Å². The Morgan fingerprint density at radius 1 is 1.56 bits per heavy atom. The van der Waals surface area contributed by atoms with Gasteiger partial charge in [-0.05, 0) is 6.58 Å². The van der Waals surface area contributed by atoms with Crippen LogP contribution in [0, 0.1) is 0 Å². The van der Waals surface area contributed by atoms with Crippen molar-refractivity contribution in [1.29, 1.82) is 0 Å². The molecule has 0 aliphatic carbocycles. The minimum Gasteiger partial charge on any atom is -0.508 e. The highest BCUT2D eigenvalue weighted by atomic mass is 17.0. The van der Waals surface area contributed by atoms with E-state index >= 15 is 0 Å². The summed E-state index contributed by atoms with van der Waals surface area (Å²) in [5.74, 6) is -0.0746. The van der Waals surface area contributed by atoms with Crippen molar-refractivity contribution in [3.8, 4) is 0 Å². The van der Waals surface area contributed by atoms with Crippen molar-refractivity contribution >= 4 is 12.7 Å². The molecule has 0 atom stereocenters. The van der Waals surface area contributed by atoms with Crippen LogP contribution in [0.3, 0.4) is 0 Å². The Morgan fingerprint density at radius 2 is 2.22 bits per heavy atom. The van der Waals surface area contributed by atoms with Gasteiger partial charge in [-0.3, -0.25) is 9.15 Å². The second kappa shape index (κ2) is 1.85. The first-order valence-corrected chi connectivity index (χ1v) is 2.33. The van der Waals surface area contributed by atoms with Crippen LogP contribution in [0.2, 0.25) is 0 Å². The molecule has 0 aliphatic rings. The monoisotopic (exact) mass is 126 g/mol. The molecule has 1 rings (SSSR count). The molecule has 0 spiro atoms. The van der Waals surface area contributed by atoms with Crippen molar-refractivity contribution in [2.24, 2.45) is 0 Å². The van der Waals surface area contributed by atoms with E-state index < -0.39 is 0 Å². The van der Waals surface area contributed by atoms with Gasteiger partial charge in [-0.25, -0.2) is 0 Å². The predicted molar refractivity (Wildman–Crippen MR) is 32.0 cm³/mol. The van der Waals surface area contributed by atoms with E-state index in [0.717, 1.165) is 0 Å². The van der Waals surface area contributed by atoms with E-state index in [0.29, 0.717) is 10.8 Å². The van der Waals surface area contributed by atoms with Gasteiger partial charge in [-0.15, -0.1) is 0 Å². The van der Waals surface area contributed by atoms with Crippen molar-refractivity contribution < 1.29 is 14.3 Å². The molecule has 48 valence electrons. The standard InChI is InChI=1S/C6H6O3/c1-4(7)3-6-5(2)8-9-6/h3,7H,1-2H2/b6-3+. The van der Waals surface area contributed by atoms with Crippen molar-refractivity contribution in [3.63, 3.8) is 0 Å². The van der Waals surface area contributed by atoms with Gasteiger partial charge in [-0.2, -0.15) is 0 Å². The van der Waals surface area contributed by atoms with E-state index in [9.17, 15) is 0 Å². The Bertz CT molecular complexity index is 301. The van der Waals surface area contributed by atoms with Crippen LogP contribution in [0.1, 0.15) is 0 Å². The summed E-state index contributed by atoms with van der Waals surface area (Å²) >= 11 is 0. The fourth-order valence-corrected chi connectivity index (χ4v) is 0.405. The first-order valence-electron chi connectivity index (χ1n) is 2.33. The molecule has 0 unspecified atom stereocenters. The number of aliphatic hydroxyl groups excluding tert-OH is 1. The number of hydrogen-bond acceptors (Lipinski definition) is 3. The van der Waals surface area contributed by atoms with Crippen molar-refractivity contribution in [2.75, 3.05) is 0 Å². The fraction of sp³-hybridized carbons (Fsp3) is 0. The van der Waals surface area contributed by atoms with Gasteiger partial charge < -0.3 is 5.11 Å². The molecule has 1 heterocycles. The summed E-state index contributed by atoms with van der Waals surface area (Å²) in [7, 11) is 0. The van der Waals surface area contributed by atoms with Gasteiger partial charge in [0.15, 0.2) is 0 Å². The largest absolute Gasteiger partial charge is 0.508 e. The molecular formula is C6H6O3. The Hall–Kier alpha value is -1.38. The van der Waals surface area contributed by atoms with E-state index in [1.54, 1.807) is 0 Å². The van der Waals surface area contributed by atoms with Crippen LogP contribution in [0.15, 0.2) is 21.5 Å². The van der Waals surface area contributed by atoms with Gasteiger partial charge in [0.2, 0.25) is 10.8 Å². The van der Waals surface area contributed by atoms with Crippen LogP contribution in [0.5, 0.6) is 0 Å². The lowest BCUT2D eigenvalue weighted by Crippen LogP contribution is -2.27. The molecule has 3 heteroatoms. The van der Waals surface area contributed by atoms with Crippen LogP contribution < -0.4 is 10.8 Å². The molecule has 9 heavy (non-hydrogen) atoms. The molecular weight excluding hydrogens is 120 g/mol. The fourth-order valence-electron chi connectivity index (χ4n) is 0.405. The minimum absolute atomic E-state index is 0.0746. The van der Waals surface area contributed by atoms with Crippen molar-refractivity contribution in [3.05, 3.63) is 23.2 Å². The Labute approximate surface area is 51.1 Å². The molecule has 1 aromatic rings. The van der Waals surface area contributed by atoms with Crippen LogP contribution in [0.4, 0.5) is 0 Å². The average Bonchev–Trinajstić information content (AvgIpc) is 1.79. The summed E-state index contributed by atoms with van der Waals surface area (Å²) in [5, 5.41) is 8.56. The number of aliphatic hydroxyl groups is 1. The van der Waals surface area contributed by atoms with Gasteiger partial charge in [0.05, 0.1) is 0 Å². The van der Waals surface area contributed by atoms with Crippen LogP contribution in [-0.4, -0.2) is 5.11 Å². The normalized spacial score (nSPS) is 12.2. The maximum absolute atomic E-state index is 8.56. The molecule has 0 fully saturated rings. The van der Waals surface area contributed by atoms with Crippen molar-refractivity contribution in [2.45, 2.75) is 0 Å². The molecule has 0 bridgehead atoms. The summed E-state index contributed by atoms with van der Waals surface area (Å²) in [6.45, 7) is 6.64. The Balaban J connectivity index is 3.08. The van der Waals surface area contributed by atoms with Gasteiger partial charge in [-0.1, -0.05) is 6.58 Å². The lowest BCUT2D eigenvalue weighted by atomic mass is 10.5. The Kier molecular flexibility index (Phi) is 1.18. The molecule has 0 radical (unpaired) electrons. The summed E-state index contributed by atoms with van der Waals surface area (Å²) in [4.78, 5) is 0. The van der Waals surface area contributed by atoms with Gasteiger partial charge >= 0.3 is 0 Å². The smallest absolute Gasteiger partial charge is 0.228 e. The van der Waals surface area contributed by atoms with Crippen LogP contribution in [0.25, 0.3) is 12.7 Å². The minimum atomic E-state index is -0.0746. The third-order valence-electron chi connectivity index (χ3n) is 0.805. The van der Waals surface area contributed by atoms with Gasteiger partial charge in [0, 0.05) is 6.08 Å². The predicted octanol–water partition coefficient (Wildman–Crippen LogP) is 0.135. The van der Waals surface area contributed by atoms with Crippen LogP contribution >= 0.6 is 0 Å². The molecule has 0 aromatic carbocycles. The zero-order valence-corrected chi connectivity index (χ0v) is 4.76. The molecule has 0 saturated carbocycles. The highest BCUT2D eigenvalue weighted by Gasteiger charge is 1.91. The molecule has 0 aliphatic heterocycles. The van der Waals surface area contributed by atoms with Crippen molar-refractivity contribution in [1.82, 2.24) is 0 Å². The highest BCUT2D eigenvalue weighted by molar-refractivity contribution is 5.36. The second-order valence-corrected chi connectivity index (χ2v) is 1.59. The van der Waals surface area contributed by atoms with E-state index in [1.807, 2.05) is 0 Å². The summed E-state index contributed by atoms with van der Waals surface area (Å²) in [6, 6.07) is 0. The second-order valence-electron chi connectivity index (χ2n) is 1.59. The number of hydrogen-bond donors (Lipinski definition) is 1. The van der Waals surface area contributed by atoms with Gasteiger partial charge in [0.1, 0.15) is 5.76 Å². The molecule has 1 N–H and O–H groups in total. The third kappa shape index (κ3) is 1.05. The lowest BCUT2D eigenvalue weighted by Gasteiger charge is -1.88. The van der Waals surface area contributed by atoms with E-state index in [4.69, 9.17) is 5.11 Å². The average molecular weight is 126 g/mol. The number of rotatable bonds is 1. The molecule has 3 nitrogen and oxygen atoms in total. The van der Waals surface area contributed by atoms with Crippen LogP contribution in [-0.2, 0) is 0 Å². The zero-order valence-electron chi connectivity index (χ0n) is 4.76. The molecule has 1 aromatic heterocycles.